The van der Waals surface area contributed by atoms with Gasteiger partial charge in [-0.25, -0.2) is 0 Å². The van der Waals surface area contributed by atoms with Crippen molar-refractivity contribution in [1.82, 2.24) is 10.2 Å². The third kappa shape index (κ3) is 2.88. The summed E-state index contributed by atoms with van der Waals surface area (Å²) < 4.78 is 0. The molecule has 1 N–H and O–H groups in total. The summed E-state index contributed by atoms with van der Waals surface area (Å²) in [7, 11) is 0. The second-order valence-electron chi connectivity index (χ2n) is 6.32. The molecule has 2 unspecified atom stereocenters. The first-order chi connectivity index (χ1) is 9.65. The first kappa shape index (κ1) is 13.6. The Balaban J connectivity index is 1.69. The maximum Gasteiger partial charge on any atom is 0.241 e. The molecule has 2 fully saturated rings. The van der Waals surface area contributed by atoms with E-state index >= 15 is 0 Å². The molecule has 1 saturated carbocycles. The molecule has 1 saturated heterocycles. The molecule has 1 aromatic rings. The van der Waals surface area contributed by atoms with Crippen LogP contribution in [-0.2, 0) is 4.79 Å². The number of benzene rings is 1. The molecule has 108 valence electrons. The molecule has 3 nitrogen and oxygen atoms in total. The first-order valence-corrected chi connectivity index (χ1v) is 7.78. The summed E-state index contributed by atoms with van der Waals surface area (Å²) in [4.78, 5) is 14.3. The third-order valence-corrected chi connectivity index (χ3v) is 4.47. The Kier molecular flexibility index (Phi) is 3.79. The molecule has 2 aliphatic rings. The average Bonchev–Trinajstić information content (AvgIpc) is 3.21. The molecular weight excluding hydrogens is 248 g/mol. The SMILES string of the molecule is Cc1ccc(C2NC(C)C(=O)N2CCCC2CC2)cc1. The van der Waals surface area contributed by atoms with Crippen LogP contribution in [0, 0.1) is 12.8 Å². The van der Waals surface area contributed by atoms with Gasteiger partial charge >= 0.3 is 0 Å². The van der Waals surface area contributed by atoms with Gasteiger partial charge in [0.25, 0.3) is 0 Å². The van der Waals surface area contributed by atoms with Crippen LogP contribution in [0.5, 0.6) is 0 Å². The van der Waals surface area contributed by atoms with Gasteiger partial charge in [0.1, 0.15) is 6.17 Å². The van der Waals surface area contributed by atoms with Crippen LogP contribution >= 0.6 is 0 Å². The molecule has 20 heavy (non-hydrogen) atoms. The van der Waals surface area contributed by atoms with E-state index in [1.54, 1.807) is 0 Å². The second kappa shape index (κ2) is 5.57. The number of nitrogens with one attached hydrogen (secondary N) is 1. The van der Waals surface area contributed by atoms with Crippen molar-refractivity contribution in [3.05, 3.63) is 35.4 Å². The lowest BCUT2D eigenvalue weighted by molar-refractivity contribution is -0.129. The molecule has 0 aromatic heterocycles. The molecule has 3 rings (SSSR count). The van der Waals surface area contributed by atoms with Crippen LogP contribution < -0.4 is 5.32 Å². The van der Waals surface area contributed by atoms with Crippen molar-refractivity contribution in [3.8, 4) is 0 Å². The average molecular weight is 272 g/mol. The number of nitrogens with zero attached hydrogens (tertiary/aromatic N) is 1. The third-order valence-electron chi connectivity index (χ3n) is 4.47. The molecule has 1 amide bonds. The minimum absolute atomic E-state index is 0.0531. The van der Waals surface area contributed by atoms with Gasteiger partial charge in [-0.1, -0.05) is 42.7 Å². The molecule has 1 aliphatic carbocycles. The normalized spacial score (nSPS) is 26.3. The second-order valence-corrected chi connectivity index (χ2v) is 6.32. The zero-order valence-corrected chi connectivity index (χ0v) is 12.4. The lowest BCUT2D eigenvalue weighted by atomic mass is 10.1. The fraction of sp³-hybridized carbons (Fsp3) is 0.588. The van der Waals surface area contributed by atoms with Crippen molar-refractivity contribution >= 4 is 5.91 Å². The summed E-state index contributed by atoms with van der Waals surface area (Å²) in [5.74, 6) is 1.18. The van der Waals surface area contributed by atoms with Crippen LogP contribution in [0.1, 0.15) is 49.9 Å². The monoisotopic (exact) mass is 272 g/mol. The highest BCUT2D eigenvalue weighted by atomic mass is 16.2. The minimum atomic E-state index is -0.0674. The summed E-state index contributed by atoms with van der Waals surface area (Å²) in [6.07, 6.45) is 5.25. The molecule has 0 spiro atoms. The summed E-state index contributed by atoms with van der Waals surface area (Å²) in [5, 5.41) is 3.42. The van der Waals surface area contributed by atoms with Crippen LogP contribution in [-0.4, -0.2) is 23.4 Å². The Morgan fingerprint density at radius 2 is 1.95 bits per heavy atom. The first-order valence-electron chi connectivity index (χ1n) is 7.78. The number of carbonyl (C=O) groups is 1. The Bertz CT molecular complexity index is 478. The zero-order valence-electron chi connectivity index (χ0n) is 12.4. The highest BCUT2D eigenvalue weighted by Gasteiger charge is 2.36. The van der Waals surface area contributed by atoms with Gasteiger partial charge in [-0.15, -0.1) is 0 Å². The van der Waals surface area contributed by atoms with Crippen molar-refractivity contribution in [2.45, 2.75) is 51.7 Å². The van der Waals surface area contributed by atoms with Crippen LogP contribution in [0.2, 0.25) is 0 Å². The number of amides is 1. The van der Waals surface area contributed by atoms with Gasteiger partial charge < -0.3 is 4.90 Å². The minimum Gasteiger partial charge on any atom is -0.322 e. The largest absolute Gasteiger partial charge is 0.322 e. The van der Waals surface area contributed by atoms with E-state index in [1.165, 1.54) is 30.4 Å². The van der Waals surface area contributed by atoms with E-state index in [0.717, 1.165) is 18.9 Å². The number of hydrogen-bond donors (Lipinski definition) is 1. The Morgan fingerprint density at radius 3 is 2.60 bits per heavy atom. The van der Waals surface area contributed by atoms with E-state index < -0.39 is 0 Å². The molecule has 1 heterocycles. The lowest BCUT2D eigenvalue weighted by Gasteiger charge is -2.24. The number of carbonyl (C=O) groups excluding carboxylic acids is 1. The van der Waals surface area contributed by atoms with E-state index in [0.29, 0.717) is 0 Å². The van der Waals surface area contributed by atoms with Crippen molar-refractivity contribution in [1.29, 1.82) is 0 Å². The molecule has 1 aliphatic heterocycles. The van der Waals surface area contributed by atoms with Crippen molar-refractivity contribution in [2.75, 3.05) is 6.54 Å². The van der Waals surface area contributed by atoms with E-state index in [2.05, 4.69) is 36.5 Å². The smallest absolute Gasteiger partial charge is 0.241 e. The van der Waals surface area contributed by atoms with E-state index in [-0.39, 0.29) is 18.1 Å². The van der Waals surface area contributed by atoms with Gasteiger partial charge in [-0.05, 0) is 38.2 Å². The van der Waals surface area contributed by atoms with E-state index in [1.807, 2.05) is 11.8 Å². The summed E-state index contributed by atoms with van der Waals surface area (Å²) in [6, 6.07) is 8.43. The molecule has 0 radical (unpaired) electrons. The fourth-order valence-electron chi connectivity index (χ4n) is 3.00. The molecule has 1 aromatic carbocycles. The Hall–Kier alpha value is -1.35. The van der Waals surface area contributed by atoms with Gasteiger partial charge in [0.15, 0.2) is 0 Å². The van der Waals surface area contributed by atoms with E-state index in [9.17, 15) is 4.79 Å². The Morgan fingerprint density at radius 1 is 1.25 bits per heavy atom. The van der Waals surface area contributed by atoms with Gasteiger partial charge in [0.05, 0.1) is 6.04 Å². The maximum atomic E-state index is 12.3. The summed E-state index contributed by atoms with van der Waals surface area (Å²) >= 11 is 0. The predicted octanol–water partition coefficient (Wildman–Crippen LogP) is 3.00. The number of hydrogen-bond acceptors (Lipinski definition) is 2. The summed E-state index contributed by atoms with van der Waals surface area (Å²) in [5.41, 5.74) is 2.45. The quantitative estimate of drug-likeness (QED) is 0.893. The van der Waals surface area contributed by atoms with E-state index in [4.69, 9.17) is 0 Å². The highest BCUT2D eigenvalue weighted by molar-refractivity contribution is 5.84. The molecule has 2 atom stereocenters. The van der Waals surface area contributed by atoms with Crippen molar-refractivity contribution in [3.63, 3.8) is 0 Å². The van der Waals surface area contributed by atoms with Crippen LogP contribution in [0.3, 0.4) is 0 Å². The maximum absolute atomic E-state index is 12.3. The van der Waals surface area contributed by atoms with Gasteiger partial charge in [-0.2, -0.15) is 0 Å². The van der Waals surface area contributed by atoms with Crippen molar-refractivity contribution in [2.24, 2.45) is 5.92 Å². The van der Waals surface area contributed by atoms with Gasteiger partial charge in [0, 0.05) is 6.54 Å². The van der Waals surface area contributed by atoms with Gasteiger partial charge in [-0.3, -0.25) is 10.1 Å². The molecular formula is C17H24N2O. The molecule has 3 heteroatoms. The van der Waals surface area contributed by atoms with Gasteiger partial charge in [0.2, 0.25) is 5.91 Å². The summed E-state index contributed by atoms with van der Waals surface area (Å²) in [6.45, 7) is 4.93. The lowest BCUT2D eigenvalue weighted by Crippen LogP contribution is -2.31. The molecule has 0 bridgehead atoms. The topological polar surface area (TPSA) is 32.3 Å². The highest BCUT2D eigenvalue weighted by Crippen LogP contribution is 2.34. The predicted molar refractivity (Wildman–Crippen MR) is 80.2 cm³/mol. The van der Waals surface area contributed by atoms with Crippen LogP contribution in [0.15, 0.2) is 24.3 Å². The fourth-order valence-corrected chi connectivity index (χ4v) is 3.00. The number of aryl methyl sites for hydroxylation is 1. The zero-order chi connectivity index (χ0) is 14.1. The van der Waals surface area contributed by atoms with Crippen LogP contribution in [0.4, 0.5) is 0 Å². The standard InChI is InChI=1S/C17H24N2O/c1-12-5-9-15(10-6-12)16-18-13(2)17(20)19(16)11-3-4-14-7-8-14/h5-6,9-10,13-14,16,18H,3-4,7-8,11H2,1-2H3. The van der Waals surface area contributed by atoms with Crippen LogP contribution in [0.25, 0.3) is 0 Å². The number of rotatable bonds is 5. The van der Waals surface area contributed by atoms with Crippen molar-refractivity contribution < 1.29 is 4.79 Å². The Labute approximate surface area is 121 Å².